The lowest BCUT2D eigenvalue weighted by molar-refractivity contribution is -0.0145. The second-order valence-corrected chi connectivity index (χ2v) is 6.11. The number of nitriles is 1. The van der Waals surface area contributed by atoms with E-state index in [1.165, 1.54) is 12.4 Å². The van der Waals surface area contributed by atoms with Gasteiger partial charge >= 0.3 is 0 Å². The Hall–Kier alpha value is -1.67. The largest absolute Gasteiger partial charge is 0.388 e. The first-order valence-electron chi connectivity index (χ1n) is 6.62. The Balaban J connectivity index is 1.97. The van der Waals surface area contributed by atoms with E-state index >= 15 is 0 Å². The van der Waals surface area contributed by atoms with Gasteiger partial charge < -0.3 is 10.4 Å². The number of aliphatic hydroxyl groups is 1. The summed E-state index contributed by atoms with van der Waals surface area (Å²) in [5.41, 5.74) is -0.127. The third-order valence-corrected chi connectivity index (χ3v) is 3.92. The molecule has 1 aromatic rings. The van der Waals surface area contributed by atoms with E-state index in [1.807, 2.05) is 6.07 Å². The Labute approximate surface area is 113 Å². The van der Waals surface area contributed by atoms with Crippen molar-refractivity contribution >= 4 is 5.82 Å². The molecule has 0 atom stereocenters. The zero-order valence-electron chi connectivity index (χ0n) is 11.5. The van der Waals surface area contributed by atoms with Crippen molar-refractivity contribution in [3.05, 3.63) is 18.1 Å². The summed E-state index contributed by atoms with van der Waals surface area (Å²) in [6.07, 6.45) is 6.59. The maximum Gasteiger partial charge on any atom is 0.182 e. The predicted octanol–water partition coefficient (Wildman–Crippen LogP) is 2.09. The van der Waals surface area contributed by atoms with Gasteiger partial charge in [0.25, 0.3) is 0 Å². The fraction of sp³-hybridized carbons (Fsp3) is 0.643. The fourth-order valence-electron chi connectivity index (χ4n) is 2.37. The van der Waals surface area contributed by atoms with Gasteiger partial charge in [-0.15, -0.1) is 0 Å². The first kappa shape index (κ1) is 13.8. The molecule has 0 amide bonds. The van der Waals surface area contributed by atoms with Gasteiger partial charge in [-0.3, -0.25) is 0 Å². The van der Waals surface area contributed by atoms with E-state index in [9.17, 15) is 5.11 Å². The Bertz CT molecular complexity index is 482. The molecule has 1 fully saturated rings. The van der Waals surface area contributed by atoms with E-state index in [1.54, 1.807) is 0 Å². The minimum Gasteiger partial charge on any atom is -0.388 e. The molecule has 2 N–H and O–H groups in total. The normalized spacial score (nSPS) is 20.5. The van der Waals surface area contributed by atoms with Crippen molar-refractivity contribution in [2.75, 3.05) is 11.9 Å². The highest BCUT2D eigenvalue weighted by Crippen LogP contribution is 2.40. The summed E-state index contributed by atoms with van der Waals surface area (Å²) >= 11 is 0. The summed E-state index contributed by atoms with van der Waals surface area (Å²) < 4.78 is 0. The van der Waals surface area contributed by atoms with E-state index in [0.29, 0.717) is 17.8 Å². The summed E-state index contributed by atoms with van der Waals surface area (Å²) in [5.74, 6) is 0.447. The van der Waals surface area contributed by atoms with E-state index in [-0.39, 0.29) is 5.69 Å². The quantitative estimate of drug-likeness (QED) is 0.869. The van der Waals surface area contributed by atoms with Gasteiger partial charge in [-0.05, 0) is 31.1 Å². The lowest BCUT2D eigenvalue weighted by Gasteiger charge is -2.40. The molecule has 2 rings (SSSR count). The van der Waals surface area contributed by atoms with Crippen LogP contribution in [0.4, 0.5) is 5.82 Å². The van der Waals surface area contributed by atoms with Crippen molar-refractivity contribution in [3.63, 3.8) is 0 Å². The highest BCUT2D eigenvalue weighted by atomic mass is 16.3. The molecule has 1 heterocycles. The van der Waals surface area contributed by atoms with Gasteiger partial charge in [0.1, 0.15) is 6.07 Å². The molecule has 5 nitrogen and oxygen atoms in total. The van der Waals surface area contributed by atoms with Crippen molar-refractivity contribution in [2.24, 2.45) is 5.41 Å². The molecule has 1 aliphatic carbocycles. The van der Waals surface area contributed by atoms with Crippen LogP contribution in [0, 0.1) is 16.7 Å². The highest BCUT2D eigenvalue weighted by molar-refractivity contribution is 5.46. The minimum atomic E-state index is -0.709. The van der Waals surface area contributed by atoms with Crippen LogP contribution in [0.1, 0.15) is 45.2 Å². The molecule has 0 radical (unpaired) electrons. The third kappa shape index (κ3) is 3.42. The Morgan fingerprint density at radius 1 is 1.26 bits per heavy atom. The lowest BCUT2D eigenvalue weighted by Crippen LogP contribution is -2.42. The Morgan fingerprint density at radius 2 is 1.89 bits per heavy atom. The molecule has 0 unspecified atom stereocenters. The number of nitrogens with one attached hydrogen (secondary N) is 1. The first-order chi connectivity index (χ1) is 8.94. The predicted molar refractivity (Wildman–Crippen MR) is 72.4 cm³/mol. The van der Waals surface area contributed by atoms with Crippen LogP contribution in [0.2, 0.25) is 0 Å². The molecule has 0 bridgehead atoms. The second-order valence-electron chi connectivity index (χ2n) is 6.11. The minimum absolute atomic E-state index is 0.266. The molecular weight excluding hydrogens is 240 g/mol. The van der Waals surface area contributed by atoms with Crippen molar-refractivity contribution in [2.45, 2.75) is 45.1 Å². The van der Waals surface area contributed by atoms with Gasteiger partial charge in [-0.2, -0.15) is 5.26 Å². The zero-order valence-corrected chi connectivity index (χ0v) is 11.5. The fourth-order valence-corrected chi connectivity index (χ4v) is 2.37. The highest BCUT2D eigenvalue weighted by Gasteiger charge is 2.36. The first-order valence-corrected chi connectivity index (χ1v) is 6.62. The summed E-state index contributed by atoms with van der Waals surface area (Å²) in [5, 5.41) is 22.5. The van der Waals surface area contributed by atoms with Gasteiger partial charge in [0.05, 0.1) is 5.60 Å². The van der Waals surface area contributed by atoms with Crippen molar-refractivity contribution < 1.29 is 5.11 Å². The van der Waals surface area contributed by atoms with Gasteiger partial charge in [0.15, 0.2) is 11.5 Å². The van der Waals surface area contributed by atoms with Gasteiger partial charge in [-0.1, -0.05) is 13.8 Å². The SMILES string of the molecule is CC1(C)CCC(O)(CNc2nccnc2C#N)CC1. The average Bonchev–Trinajstić information content (AvgIpc) is 2.41. The molecule has 19 heavy (non-hydrogen) atoms. The summed E-state index contributed by atoms with van der Waals surface area (Å²) in [7, 11) is 0. The van der Waals surface area contributed by atoms with E-state index in [2.05, 4.69) is 29.1 Å². The second kappa shape index (κ2) is 5.14. The Kier molecular flexibility index (Phi) is 3.72. The number of nitrogens with zero attached hydrogens (tertiary/aromatic N) is 3. The zero-order chi connectivity index (χ0) is 13.9. The number of aromatic nitrogens is 2. The Morgan fingerprint density at radius 3 is 2.53 bits per heavy atom. The van der Waals surface area contributed by atoms with Crippen LogP contribution in [0.3, 0.4) is 0 Å². The lowest BCUT2D eigenvalue weighted by atomic mass is 9.71. The molecule has 5 heteroatoms. The van der Waals surface area contributed by atoms with Gasteiger partial charge in [0.2, 0.25) is 0 Å². The molecule has 0 aromatic carbocycles. The van der Waals surface area contributed by atoms with Crippen LogP contribution in [0.15, 0.2) is 12.4 Å². The van der Waals surface area contributed by atoms with Crippen LogP contribution < -0.4 is 5.32 Å². The van der Waals surface area contributed by atoms with Crippen LogP contribution >= 0.6 is 0 Å². The molecule has 1 aromatic heterocycles. The van der Waals surface area contributed by atoms with E-state index in [0.717, 1.165) is 25.7 Å². The van der Waals surface area contributed by atoms with Crippen LogP contribution in [0.5, 0.6) is 0 Å². The van der Waals surface area contributed by atoms with Crippen LogP contribution in [-0.2, 0) is 0 Å². The molecule has 0 spiro atoms. The van der Waals surface area contributed by atoms with Gasteiger partial charge in [-0.25, -0.2) is 9.97 Å². The number of hydrogen-bond acceptors (Lipinski definition) is 5. The standard InChI is InChI=1S/C14H20N4O/c1-13(2)3-5-14(19,6-4-13)10-18-12-11(9-15)16-7-8-17-12/h7-8,19H,3-6,10H2,1-2H3,(H,17,18). The maximum atomic E-state index is 10.5. The number of rotatable bonds is 3. The number of hydrogen-bond donors (Lipinski definition) is 2. The number of anilines is 1. The molecule has 0 saturated heterocycles. The molecular formula is C14H20N4O. The molecule has 0 aliphatic heterocycles. The monoisotopic (exact) mass is 260 g/mol. The molecule has 1 saturated carbocycles. The van der Waals surface area contributed by atoms with Crippen molar-refractivity contribution in [1.29, 1.82) is 5.26 Å². The summed E-state index contributed by atoms with van der Waals surface area (Å²) in [4.78, 5) is 8.03. The van der Waals surface area contributed by atoms with E-state index in [4.69, 9.17) is 5.26 Å². The maximum absolute atomic E-state index is 10.5. The van der Waals surface area contributed by atoms with E-state index < -0.39 is 5.60 Å². The van der Waals surface area contributed by atoms with Crippen molar-refractivity contribution in [3.8, 4) is 6.07 Å². The molecule has 1 aliphatic rings. The van der Waals surface area contributed by atoms with Crippen LogP contribution in [-0.4, -0.2) is 27.2 Å². The van der Waals surface area contributed by atoms with Gasteiger partial charge in [0, 0.05) is 18.9 Å². The smallest absolute Gasteiger partial charge is 0.182 e. The summed E-state index contributed by atoms with van der Waals surface area (Å²) in [6.45, 7) is 4.88. The summed E-state index contributed by atoms with van der Waals surface area (Å²) in [6, 6.07) is 1.99. The molecule has 102 valence electrons. The third-order valence-electron chi connectivity index (χ3n) is 3.92. The topological polar surface area (TPSA) is 81.8 Å². The van der Waals surface area contributed by atoms with Crippen molar-refractivity contribution in [1.82, 2.24) is 9.97 Å². The average molecular weight is 260 g/mol. The van der Waals surface area contributed by atoms with Crippen LogP contribution in [0.25, 0.3) is 0 Å².